The van der Waals surface area contributed by atoms with E-state index in [-0.39, 0.29) is 12.4 Å². The summed E-state index contributed by atoms with van der Waals surface area (Å²) in [6, 6.07) is 23.3. The van der Waals surface area contributed by atoms with Gasteiger partial charge >= 0.3 is 5.97 Å². The summed E-state index contributed by atoms with van der Waals surface area (Å²) >= 11 is 1.39. The molecule has 0 saturated carbocycles. The fourth-order valence-electron chi connectivity index (χ4n) is 3.99. The first-order valence-corrected chi connectivity index (χ1v) is 11.0. The molecule has 154 valence electrons. The van der Waals surface area contributed by atoms with E-state index in [1.54, 1.807) is 19.1 Å². The Bertz CT molecular complexity index is 1400. The van der Waals surface area contributed by atoms with E-state index < -0.39 is 5.97 Å². The maximum absolute atomic E-state index is 13.4. The third-order valence-electron chi connectivity index (χ3n) is 5.30. The van der Waals surface area contributed by atoms with Gasteiger partial charge in [0.05, 0.1) is 28.2 Å². The van der Waals surface area contributed by atoms with Crippen LogP contribution < -0.4 is 0 Å². The van der Waals surface area contributed by atoms with Gasteiger partial charge in [0.1, 0.15) is 11.2 Å². The Hall–Kier alpha value is -3.64. The molecule has 5 nitrogen and oxygen atoms in total. The molecular weight excluding hydrogens is 408 g/mol. The fourth-order valence-corrected chi connectivity index (χ4v) is 4.66. The Labute approximate surface area is 183 Å². The van der Waals surface area contributed by atoms with Crippen LogP contribution in [0.4, 0.5) is 0 Å². The Morgan fingerprint density at radius 1 is 0.935 bits per heavy atom. The average molecular weight is 429 g/mol. The number of para-hydroxylation sites is 2. The van der Waals surface area contributed by atoms with E-state index in [0.29, 0.717) is 28.3 Å². The van der Waals surface area contributed by atoms with Crippen molar-refractivity contribution < 1.29 is 14.3 Å². The molecule has 0 unspecified atom stereocenters. The predicted octanol–water partition coefficient (Wildman–Crippen LogP) is 5.41. The van der Waals surface area contributed by atoms with Crippen LogP contribution in [0.25, 0.3) is 16.7 Å². The normalized spacial score (nSPS) is 11.3. The minimum absolute atomic E-state index is 0.108. The second kappa shape index (κ2) is 7.89. The third kappa shape index (κ3) is 3.25. The first kappa shape index (κ1) is 19.3. The number of ketones is 1. The maximum Gasteiger partial charge on any atom is 0.341 e. The van der Waals surface area contributed by atoms with E-state index >= 15 is 0 Å². The zero-order valence-electron chi connectivity index (χ0n) is 16.9. The monoisotopic (exact) mass is 428 g/mol. The van der Waals surface area contributed by atoms with Crippen LogP contribution in [0.3, 0.4) is 0 Å². The van der Waals surface area contributed by atoms with Gasteiger partial charge in [0.15, 0.2) is 0 Å². The summed E-state index contributed by atoms with van der Waals surface area (Å²) in [5.41, 5.74) is 4.46. The number of fused-ring (bicyclic) bond motifs is 3. The summed E-state index contributed by atoms with van der Waals surface area (Å²) < 4.78 is 9.33. The molecule has 0 bridgehead atoms. The number of benzene rings is 2. The van der Waals surface area contributed by atoms with Gasteiger partial charge in [-0.2, -0.15) is 0 Å². The van der Waals surface area contributed by atoms with Gasteiger partial charge in [-0.3, -0.25) is 9.20 Å². The van der Waals surface area contributed by atoms with E-state index in [0.717, 1.165) is 16.6 Å². The van der Waals surface area contributed by atoms with Gasteiger partial charge in [-0.15, -0.1) is 11.3 Å². The van der Waals surface area contributed by atoms with Crippen molar-refractivity contribution in [2.75, 3.05) is 6.61 Å². The van der Waals surface area contributed by atoms with E-state index in [9.17, 15) is 9.59 Å². The SMILES string of the molecule is CCOC(=O)c1cc(C(=O)c2cccs2)n2c3ccccc3n(Cc3ccccc3)c12. The second-order valence-corrected chi connectivity index (χ2v) is 8.14. The zero-order chi connectivity index (χ0) is 21.4. The van der Waals surface area contributed by atoms with Crippen LogP contribution in [0.15, 0.2) is 78.2 Å². The molecule has 0 saturated heterocycles. The number of esters is 1. The molecule has 3 heterocycles. The van der Waals surface area contributed by atoms with Crippen LogP contribution in [0.5, 0.6) is 0 Å². The van der Waals surface area contributed by atoms with Gasteiger partial charge in [-0.05, 0) is 42.1 Å². The quantitative estimate of drug-likeness (QED) is 0.268. The number of hydrogen-bond acceptors (Lipinski definition) is 4. The van der Waals surface area contributed by atoms with Crippen molar-refractivity contribution in [1.82, 2.24) is 8.97 Å². The zero-order valence-corrected chi connectivity index (χ0v) is 17.8. The minimum Gasteiger partial charge on any atom is -0.462 e. The van der Waals surface area contributed by atoms with Crippen molar-refractivity contribution in [2.45, 2.75) is 13.5 Å². The number of carbonyl (C=O) groups excluding carboxylic acids is 2. The molecule has 0 amide bonds. The molecule has 5 rings (SSSR count). The number of aromatic nitrogens is 2. The van der Waals surface area contributed by atoms with Crippen LogP contribution in [-0.2, 0) is 11.3 Å². The van der Waals surface area contributed by atoms with E-state index in [2.05, 4.69) is 16.7 Å². The highest BCUT2D eigenvalue weighted by Crippen LogP contribution is 2.30. The highest BCUT2D eigenvalue weighted by Gasteiger charge is 2.27. The Morgan fingerprint density at radius 3 is 2.39 bits per heavy atom. The highest BCUT2D eigenvalue weighted by molar-refractivity contribution is 7.12. The van der Waals surface area contributed by atoms with Crippen molar-refractivity contribution in [3.8, 4) is 0 Å². The molecular formula is C25H20N2O3S. The van der Waals surface area contributed by atoms with Crippen LogP contribution in [0, 0.1) is 0 Å². The molecule has 0 aliphatic carbocycles. The van der Waals surface area contributed by atoms with Crippen molar-refractivity contribution >= 4 is 39.8 Å². The van der Waals surface area contributed by atoms with Crippen LogP contribution in [0.2, 0.25) is 0 Å². The number of carbonyl (C=O) groups is 2. The molecule has 6 heteroatoms. The summed E-state index contributed by atoms with van der Waals surface area (Å²) in [7, 11) is 0. The predicted molar refractivity (Wildman–Crippen MR) is 122 cm³/mol. The van der Waals surface area contributed by atoms with Crippen molar-refractivity contribution in [1.29, 1.82) is 0 Å². The Balaban J connectivity index is 1.83. The molecule has 5 aromatic rings. The lowest BCUT2D eigenvalue weighted by Crippen LogP contribution is -2.07. The van der Waals surface area contributed by atoms with Crippen molar-refractivity contribution in [2.24, 2.45) is 0 Å². The molecule has 0 N–H and O–H groups in total. The molecule has 2 aromatic carbocycles. The number of rotatable bonds is 6. The van der Waals surface area contributed by atoms with Crippen LogP contribution >= 0.6 is 11.3 Å². The standard InChI is InChI=1S/C25H20N2O3S/c1-2-30-25(29)18-15-21(23(28)22-13-8-14-31-22)27-20-12-7-6-11-19(20)26(24(18)27)16-17-9-4-3-5-10-17/h3-15H,2,16H2,1H3. The maximum atomic E-state index is 13.4. The lowest BCUT2D eigenvalue weighted by Gasteiger charge is -2.08. The first-order valence-electron chi connectivity index (χ1n) is 10.1. The molecule has 0 spiro atoms. The van der Waals surface area contributed by atoms with Crippen LogP contribution in [-0.4, -0.2) is 27.3 Å². The van der Waals surface area contributed by atoms with Gasteiger partial charge in [-0.25, -0.2) is 4.79 Å². The number of imidazole rings is 1. The largest absolute Gasteiger partial charge is 0.462 e. The molecule has 0 fully saturated rings. The first-order chi connectivity index (χ1) is 15.2. The summed E-state index contributed by atoms with van der Waals surface area (Å²) in [4.78, 5) is 26.9. The summed E-state index contributed by atoms with van der Waals surface area (Å²) in [5, 5.41) is 1.88. The minimum atomic E-state index is -0.428. The second-order valence-electron chi connectivity index (χ2n) is 7.19. The average Bonchev–Trinajstić information content (AvgIpc) is 3.52. The fraction of sp³-hybridized carbons (Fsp3) is 0.120. The number of hydrogen-bond donors (Lipinski definition) is 0. The number of ether oxygens (including phenoxy) is 1. The molecule has 31 heavy (non-hydrogen) atoms. The third-order valence-corrected chi connectivity index (χ3v) is 6.17. The smallest absolute Gasteiger partial charge is 0.341 e. The Morgan fingerprint density at radius 2 is 1.68 bits per heavy atom. The highest BCUT2D eigenvalue weighted by atomic mass is 32.1. The summed E-state index contributed by atoms with van der Waals surface area (Å²) in [5.74, 6) is -0.537. The molecule has 0 aliphatic rings. The molecule has 0 radical (unpaired) electrons. The number of thiophene rings is 1. The topological polar surface area (TPSA) is 52.7 Å². The van der Waals surface area contributed by atoms with E-state index in [4.69, 9.17) is 4.74 Å². The molecule has 0 atom stereocenters. The molecule has 0 aliphatic heterocycles. The van der Waals surface area contributed by atoms with Gasteiger partial charge in [0.2, 0.25) is 5.78 Å². The van der Waals surface area contributed by atoms with Gasteiger partial charge in [-0.1, -0.05) is 48.5 Å². The van der Waals surface area contributed by atoms with Gasteiger partial charge < -0.3 is 9.30 Å². The lowest BCUT2D eigenvalue weighted by molar-refractivity contribution is 0.0528. The Kier molecular flexibility index (Phi) is 4.92. The van der Waals surface area contributed by atoms with E-state index in [1.807, 2.05) is 58.3 Å². The van der Waals surface area contributed by atoms with Gasteiger partial charge in [0, 0.05) is 6.54 Å². The summed E-state index contributed by atoms with van der Waals surface area (Å²) in [6.07, 6.45) is 0. The lowest BCUT2D eigenvalue weighted by atomic mass is 10.2. The van der Waals surface area contributed by atoms with Crippen LogP contribution in [0.1, 0.15) is 38.2 Å². The van der Waals surface area contributed by atoms with Gasteiger partial charge in [0.25, 0.3) is 0 Å². The van der Waals surface area contributed by atoms with Crippen molar-refractivity contribution in [3.63, 3.8) is 0 Å². The summed E-state index contributed by atoms with van der Waals surface area (Å²) in [6.45, 7) is 2.62. The van der Waals surface area contributed by atoms with E-state index in [1.165, 1.54) is 11.3 Å². The molecule has 3 aromatic heterocycles. The van der Waals surface area contributed by atoms with Crippen molar-refractivity contribution in [3.05, 3.63) is 99.9 Å². The number of nitrogens with zero attached hydrogens (tertiary/aromatic N) is 2.